The highest BCUT2D eigenvalue weighted by molar-refractivity contribution is 5.76. The van der Waals surface area contributed by atoms with E-state index in [2.05, 4.69) is 189 Å². The number of aliphatic hydroxyl groups excluding tert-OH is 5. The number of carbonyl (C=O) groups excluding carboxylic acids is 1. The van der Waals surface area contributed by atoms with E-state index in [0.29, 0.717) is 12.8 Å². The van der Waals surface area contributed by atoms with Crippen LogP contribution in [0.5, 0.6) is 0 Å². The lowest BCUT2D eigenvalue weighted by atomic mass is 9.99. The van der Waals surface area contributed by atoms with E-state index in [1.165, 1.54) is 25.7 Å². The summed E-state index contributed by atoms with van der Waals surface area (Å²) in [5.41, 5.74) is 0. The fourth-order valence-electron chi connectivity index (χ4n) is 7.64. The molecule has 7 unspecified atom stereocenters. The third-order valence-corrected chi connectivity index (χ3v) is 12.2. The predicted octanol–water partition coefficient (Wildman–Crippen LogP) is 14.8. The van der Waals surface area contributed by atoms with E-state index in [1.807, 2.05) is 6.08 Å². The van der Waals surface area contributed by atoms with E-state index in [4.69, 9.17) is 9.47 Å². The third kappa shape index (κ3) is 42.4. The van der Waals surface area contributed by atoms with Crippen LogP contribution in [-0.4, -0.2) is 87.5 Å². The lowest BCUT2D eigenvalue weighted by Crippen LogP contribution is -2.60. The Kier molecular flexibility index (Phi) is 48.9. The number of allylic oxidation sites excluding steroid dienone is 29. The normalized spacial score (nSPS) is 20.2. The molecule has 1 heterocycles. The number of hydrogen-bond acceptors (Lipinski definition) is 8. The standard InChI is InChI=1S/C67H103NO8/c1-3-5-7-9-11-13-15-17-19-20-21-22-23-24-25-26-27-28-29-30-31-32-33-34-35-36-37-38-39-40-41-42-43-45-47-49-51-53-55-57-63(71)68-60(59-75-67-66(74)65(73)64(72)62(58-69)76-67)61(70)56-54-52-50-48-46-44-18-16-14-12-10-8-6-4-2/h5,7,11,13-14,16-17,19,21-22,24-25,27-28,30-31,33-34,36-37,39-40,42-43,46-49,54,56,60-62,64-67,69-70,72-74H,3-4,6,8-10,12,15,18,20,23,26,29,32,35,38,41,44-45,50-53,55,57-59H2,1-2H3,(H,68,71)/b7-5-,13-11-,16-14+,19-17-,22-21-,25-24-,28-27-,31-30-,34-33-,37-36-,40-39-,43-42-,48-46+,49-47-,56-54+. The molecule has 0 bridgehead atoms. The quantitative estimate of drug-likeness (QED) is 0.0261. The summed E-state index contributed by atoms with van der Waals surface area (Å²) >= 11 is 0. The molecule has 1 rings (SSSR count). The Labute approximate surface area is 461 Å². The number of aliphatic hydroxyl groups is 5. The van der Waals surface area contributed by atoms with Crippen LogP contribution in [0.2, 0.25) is 0 Å². The summed E-state index contributed by atoms with van der Waals surface area (Å²) in [6, 6.07) is -0.865. The Morgan fingerprint density at radius 2 is 0.829 bits per heavy atom. The fraction of sp³-hybridized carbons (Fsp3) is 0.537. The smallest absolute Gasteiger partial charge is 0.220 e. The molecule has 0 aliphatic carbocycles. The second kappa shape index (κ2) is 53.7. The number of rotatable bonds is 46. The Morgan fingerprint density at radius 1 is 0.461 bits per heavy atom. The molecular formula is C67H103NO8. The minimum absolute atomic E-state index is 0.236. The van der Waals surface area contributed by atoms with Crippen molar-refractivity contribution in [2.75, 3.05) is 13.2 Å². The van der Waals surface area contributed by atoms with Crippen molar-refractivity contribution in [1.82, 2.24) is 5.32 Å². The molecule has 7 atom stereocenters. The highest BCUT2D eigenvalue weighted by Crippen LogP contribution is 2.22. The summed E-state index contributed by atoms with van der Waals surface area (Å²) in [6.45, 7) is 3.56. The predicted molar refractivity (Wildman–Crippen MR) is 322 cm³/mol. The third-order valence-electron chi connectivity index (χ3n) is 12.2. The van der Waals surface area contributed by atoms with Crippen LogP contribution in [0.1, 0.15) is 174 Å². The molecule has 6 N–H and O–H groups in total. The van der Waals surface area contributed by atoms with E-state index in [0.717, 1.165) is 116 Å². The van der Waals surface area contributed by atoms with Gasteiger partial charge in [-0.25, -0.2) is 0 Å². The van der Waals surface area contributed by atoms with Crippen LogP contribution in [-0.2, 0) is 14.3 Å². The van der Waals surface area contributed by atoms with Crippen LogP contribution in [0.3, 0.4) is 0 Å². The van der Waals surface area contributed by atoms with Gasteiger partial charge in [-0.2, -0.15) is 0 Å². The molecule has 1 fully saturated rings. The van der Waals surface area contributed by atoms with Gasteiger partial charge in [-0.3, -0.25) is 4.79 Å². The van der Waals surface area contributed by atoms with E-state index in [-0.39, 0.29) is 18.9 Å². The maximum Gasteiger partial charge on any atom is 0.220 e. The number of hydrogen-bond donors (Lipinski definition) is 6. The van der Waals surface area contributed by atoms with Crippen molar-refractivity contribution in [3.05, 3.63) is 182 Å². The topological polar surface area (TPSA) is 149 Å². The average molecular weight is 1050 g/mol. The molecule has 9 nitrogen and oxygen atoms in total. The Hall–Kier alpha value is -4.71. The van der Waals surface area contributed by atoms with Crippen molar-refractivity contribution in [2.45, 2.75) is 217 Å². The van der Waals surface area contributed by atoms with Gasteiger partial charge in [0.1, 0.15) is 24.4 Å². The second-order valence-corrected chi connectivity index (χ2v) is 19.0. The van der Waals surface area contributed by atoms with Crippen molar-refractivity contribution in [3.8, 4) is 0 Å². The minimum atomic E-state index is -1.59. The molecule has 1 aliphatic heterocycles. The zero-order valence-electron chi connectivity index (χ0n) is 46.9. The largest absolute Gasteiger partial charge is 0.394 e. The van der Waals surface area contributed by atoms with Crippen LogP contribution in [0.4, 0.5) is 0 Å². The number of nitrogens with one attached hydrogen (secondary N) is 1. The van der Waals surface area contributed by atoms with Gasteiger partial charge >= 0.3 is 0 Å². The van der Waals surface area contributed by atoms with Crippen molar-refractivity contribution < 1.29 is 39.8 Å². The molecule has 1 amide bonds. The van der Waals surface area contributed by atoms with Gasteiger partial charge in [-0.1, -0.05) is 215 Å². The van der Waals surface area contributed by atoms with Gasteiger partial charge in [0.05, 0.1) is 25.4 Å². The van der Waals surface area contributed by atoms with Gasteiger partial charge in [0.25, 0.3) is 0 Å². The minimum Gasteiger partial charge on any atom is -0.394 e. The van der Waals surface area contributed by atoms with Gasteiger partial charge in [0, 0.05) is 6.42 Å². The van der Waals surface area contributed by atoms with Gasteiger partial charge in [0.15, 0.2) is 6.29 Å². The molecule has 0 aromatic rings. The van der Waals surface area contributed by atoms with Crippen LogP contribution in [0.25, 0.3) is 0 Å². The molecule has 76 heavy (non-hydrogen) atoms. The first-order valence-corrected chi connectivity index (χ1v) is 29.0. The van der Waals surface area contributed by atoms with Gasteiger partial charge in [-0.15, -0.1) is 0 Å². The SMILES string of the molecule is CC/C=C\C/C=C\C/C=C\C/C=C\C/C=C\C/C=C\C/C=C\C/C=C\C/C=C\C/C=C\C/C=C\C/C=C\CCCCC(=O)NC(COC1OC(CO)C(O)C(O)C1O)C(O)/C=C/CC/C=C/CC/C=C/CCCCCC. The first-order valence-electron chi connectivity index (χ1n) is 29.0. The molecule has 1 saturated heterocycles. The molecule has 0 saturated carbocycles. The molecule has 0 aromatic carbocycles. The van der Waals surface area contributed by atoms with Crippen LogP contribution >= 0.6 is 0 Å². The van der Waals surface area contributed by atoms with Crippen LogP contribution in [0.15, 0.2) is 182 Å². The van der Waals surface area contributed by atoms with Crippen LogP contribution < -0.4 is 5.32 Å². The molecule has 1 aliphatic rings. The van der Waals surface area contributed by atoms with Gasteiger partial charge in [0.2, 0.25) is 5.91 Å². The molecule has 0 spiro atoms. The summed E-state index contributed by atoms with van der Waals surface area (Å²) in [5.74, 6) is -0.243. The maximum atomic E-state index is 13.0. The monoisotopic (exact) mass is 1050 g/mol. The fourth-order valence-corrected chi connectivity index (χ4v) is 7.64. The van der Waals surface area contributed by atoms with Crippen LogP contribution in [0, 0.1) is 0 Å². The number of ether oxygens (including phenoxy) is 2. The summed E-state index contributed by atoms with van der Waals surface area (Å²) in [4.78, 5) is 13.0. The van der Waals surface area contributed by atoms with E-state index < -0.39 is 49.5 Å². The number of amides is 1. The average Bonchev–Trinajstić information content (AvgIpc) is 3.42. The van der Waals surface area contributed by atoms with Gasteiger partial charge < -0.3 is 40.3 Å². The summed E-state index contributed by atoms with van der Waals surface area (Å²) in [6.07, 6.45) is 81.0. The highest BCUT2D eigenvalue weighted by atomic mass is 16.7. The molecule has 424 valence electrons. The summed E-state index contributed by atoms with van der Waals surface area (Å²) in [5, 5.41) is 54.3. The van der Waals surface area contributed by atoms with E-state index >= 15 is 0 Å². The zero-order chi connectivity index (χ0) is 55.0. The number of unbranched alkanes of at least 4 members (excludes halogenated alkanes) is 8. The van der Waals surface area contributed by atoms with Crippen molar-refractivity contribution in [1.29, 1.82) is 0 Å². The highest BCUT2D eigenvalue weighted by Gasteiger charge is 2.44. The van der Waals surface area contributed by atoms with Crippen molar-refractivity contribution in [2.24, 2.45) is 0 Å². The number of carbonyl (C=O) groups is 1. The lowest BCUT2D eigenvalue weighted by Gasteiger charge is -2.40. The van der Waals surface area contributed by atoms with E-state index in [9.17, 15) is 30.3 Å². The van der Waals surface area contributed by atoms with E-state index in [1.54, 1.807) is 6.08 Å². The Bertz CT molecular complexity index is 1840. The Morgan fingerprint density at radius 3 is 1.24 bits per heavy atom. The molecule has 0 aromatic heterocycles. The first kappa shape index (κ1) is 69.3. The molecule has 9 heteroatoms. The first-order chi connectivity index (χ1) is 37.3. The Balaban J connectivity index is 2.26. The molecular weight excluding hydrogens is 947 g/mol. The zero-order valence-corrected chi connectivity index (χ0v) is 46.9. The van der Waals surface area contributed by atoms with Crippen molar-refractivity contribution in [3.63, 3.8) is 0 Å². The lowest BCUT2D eigenvalue weighted by molar-refractivity contribution is -0.302. The summed E-state index contributed by atoms with van der Waals surface area (Å²) < 4.78 is 11.2. The summed E-state index contributed by atoms with van der Waals surface area (Å²) in [7, 11) is 0. The second-order valence-electron chi connectivity index (χ2n) is 19.0. The van der Waals surface area contributed by atoms with Gasteiger partial charge in [-0.05, 0) is 135 Å². The maximum absolute atomic E-state index is 13.0. The molecule has 0 radical (unpaired) electrons. The van der Waals surface area contributed by atoms with Crippen molar-refractivity contribution >= 4 is 5.91 Å².